The molecule has 1 atom stereocenters. The number of hydrogen-bond donors (Lipinski definition) is 1. The Morgan fingerprint density at radius 3 is 2.50 bits per heavy atom. The zero-order valence-corrected chi connectivity index (χ0v) is 6.76. The lowest BCUT2D eigenvalue weighted by molar-refractivity contribution is -0.0104. The second-order valence-electron chi connectivity index (χ2n) is 3.19. The third kappa shape index (κ3) is 2.14. The molecule has 0 heterocycles. The van der Waals surface area contributed by atoms with Gasteiger partial charge in [0.05, 0.1) is 5.60 Å². The van der Waals surface area contributed by atoms with E-state index < -0.39 is 11.5 Å². The van der Waals surface area contributed by atoms with E-state index in [0.29, 0.717) is 6.42 Å². The minimum absolute atomic E-state index is 0.0997. The fourth-order valence-electron chi connectivity index (χ4n) is 1.25. The Morgan fingerprint density at radius 2 is 2.08 bits per heavy atom. The van der Waals surface area contributed by atoms with Crippen LogP contribution in [0.15, 0.2) is 24.8 Å². The second-order valence-corrected chi connectivity index (χ2v) is 3.19. The standard InChI is InChI=1S/C9H12F2O/c1-2-3-8(12)4-6-9(10,11)7-5-8/h2,4,6,12H,1,3,5,7H2. The second kappa shape index (κ2) is 2.98. The Morgan fingerprint density at radius 1 is 1.42 bits per heavy atom. The highest BCUT2D eigenvalue weighted by Gasteiger charge is 2.36. The third-order valence-corrected chi connectivity index (χ3v) is 2.03. The molecule has 0 radical (unpaired) electrons. The van der Waals surface area contributed by atoms with Crippen molar-refractivity contribution in [3.05, 3.63) is 24.8 Å². The number of alkyl halides is 2. The van der Waals surface area contributed by atoms with E-state index in [-0.39, 0.29) is 12.8 Å². The summed E-state index contributed by atoms with van der Waals surface area (Å²) in [6, 6.07) is 0. The summed E-state index contributed by atoms with van der Waals surface area (Å²) >= 11 is 0. The van der Waals surface area contributed by atoms with Gasteiger partial charge in [0.2, 0.25) is 0 Å². The Hall–Kier alpha value is -0.700. The Balaban J connectivity index is 2.69. The first-order valence-electron chi connectivity index (χ1n) is 3.89. The zero-order chi connectivity index (χ0) is 9.24. The van der Waals surface area contributed by atoms with Crippen LogP contribution in [0.25, 0.3) is 0 Å². The molecule has 68 valence electrons. The van der Waals surface area contributed by atoms with Crippen LogP contribution in [0.5, 0.6) is 0 Å². The molecular formula is C9H12F2O. The van der Waals surface area contributed by atoms with Gasteiger partial charge in [-0.1, -0.05) is 12.2 Å². The molecule has 3 heteroatoms. The Labute approximate surface area is 70.4 Å². The first kappa shape index (κ1) is 9.39. The van der Waals surface area contributed by atoms with Gasteiger partial charge in [0.1, 0.15) is 0 Å². The SMILES string of the molecule is C=CCC1(O)C=CC(F)(F)CC1. The molecule has 0 aromatic heterocycles. The molecule has 0 amide bonds. The molecule has 1 nitrogen and oxygen atoms in total. The molecule has 0 aromatic carbocycles. The van der Waals surface area contributed by atoms with E-state index in [2.05, 4.69) is 6.58 Å². The van der Waals surface area contributed by atoms with Crippen molar-refractivity contribution in [2.75, 3.05) is 0 Å². The van der Waals surface area contributed by atoms with Gasteiger partial charge in [-0.25, -0.2) is 8.78 Å². The Bertz CT molecular complexity index is 211. The fourth-order valence-corrected chi connectivity index (χ4v) is 1.25. The molecular weight excluding hydrogens is 162 g/mol. The summed E-state index contributed by atoms with van der Waals surface area (Å²) in [6.45, 7) is 3.45. The molecule has 1 unspecified atom stereocenters. The monoisotopic (exact) mass is 174 g/mol. The van der Waals surface area contributed by atoms with Crippen molar-refractivity contribution in [2.45, 2.75) is 30.8 Å². The van der Waals surface area contributed by atoms with Crippen molar-refractivity contribution in [3.63, 3.8) is 0 Å². The van der Waals surface area contributed by atoms with Gasteiger partial charge in [-0.15, -0.1) is 6.58 Å². The predicted molar refractivity (Wildman–Crippen MR) is 43.1 cm³/mol. The van der Waals surface area contributed by atoms with Crippen molar-refractivity contribution in [3.8, 4) is 0 Å². The van der Waals surface area contributed by atoms with Gasteiger partial charge in [0.15, 0.2) is 0 Å². The largest absolute Gasteiger partial charge is 0.385 e. The molecule has 1 aliphatic carbocycles. The van der Waals surface area contributed by atoms with Crippen LogP contribution in [0.4, 0.5) is 8.78 Å². The maximum atomic E-state index is 12.6. The summed E-state index contributed by atoms with van der Waals surface area (Å²) in [5.74, 6) is -2.74. The molecule has 1 N–H and O–H groups in total. The van der Waals surface area contributed by atoms with Crippen LogP contribution in [0.2, 0.25) is 0 Å². The van der Waals surface area contributed by atoms with Gasteiger partial charge in [-0.05, 0) is 18.9 Å². The third-order valence-electron chi connectivity index (χ3n) is 2.03. The minimum Gasteiger partial charge on any atom is -0.385 e. The molecule has 0 fully saturated rings. The normalized spacial score (nSPS) is 33.2. The first-order chi connectivity index (χ1) is 5.47. The van der Waals surface area contributed by atoms with Gasteiger partial charge in [0.25, 0.3) is 5.92 Å². The van der Waals surface area contributed by atoms with E-state index in [1.807, 2.05) is 0 Å². The molecule has 1 rings (SSSR count). The molecule has 0 bridgehead atoms. The highest BCUT2D eigenvalue weighted by Crippen LogP contribution is 2.34. The maximum absolute atomic E-state index is 12.6. The average molecular weight is 174 g/mol. The van der Waals surface area contributed by atoms with Crippen LogP contribution in [-0.4, -0.2) is 16.6 Å². The molecule has 0 aromatic rings. The van der Waals surface area contributed by atoms with E-state index in [4.69, 9.17) is 0 Å². The lowest BCUT2D eigenvalue weighted by atomic mass is 9.87. The number of halogens is 2. The molecule has 0 saturated carbocycles. The summed E-state index contributed by atoms with van der Waals surface area (Å²) in [5.41, 5.74) is -1.09. The molecule has 0 spiro atoms. The van der Waals surface area contributed by atoms with E-state index >= 15 is 0 Å². The lowest BCUT2D eigenvalue weighted by Crippen LogP contribution is -2.33. The predicted octanol–water partition coefficient (Wildman–Crippen LogP) is 2.28. The number of hydrogen-bond acceptors (Lipinski definition) is 1. The quantitative estimate of drug-likeness (QED) is 0.637. The van der Waals surface area contributed by atoms with Crippen LogP contribution in [0, 0.1) is 0 Å². The van der Waals surface area contributed by atoms with Crippen molar-refractivity contribution < 1.29 is 13.9 Å². The average Bonchev–Trinajstić information content (AvgIpc) is 1.98. The topological polar surface area (TPSA) is 20.2 Å². The molecule has 12 heavy (non-hydrogen) atoms. The van der Waals surface area contributed by atoms with Crippen LogP contribution in [-0.2, 0) is 0 Å². The van der Waals surface area contributed by atoms with Gasteiger partial charge in [-0.3, -0.25) is 0 Å². The van der Waals surface area contributed by atoms with Crippen LogP contribution in [0.3, 0.4) is 0 Å². The van der Waals surface area contributed by atoms with Crippen molar-refractivity contribution in [1.82, 2.24) is 0 Å². The fraction of sp³-hybridized carbons (Fsp3) is 0.556. The van der Waals surface area contributed by atoms with Gasteiger partial charge < -0.3 is 5.11 Å². The van der Waals surface area contributed by atoms with Crippen LogP contribution >= 0.6 is 0 Å². The van der Waals surface area contributed by atoms with Crippen LogP contribution < -0.4 is 0 Å². The number of rotatable bonds is 2. The number of allylic oxidation sites excluding steroid dienone is 1. The smallest absolute Gasteiger partial charge is 0.266 e. The highest BCUT2D eigenvalue weighted by atomic mass is 19.3. The minimum atomic E-state index is -2.74. The lowest BCUT2D eigenvalue weighted by Gasteiger charge is -2.29. The molecule has 1 aliphatic rings. The molecule has 0 aliphatic heterocycles. The number of aliphatic hydroxyl groups is 1. The maximum Gasteiger partial charge on any atom is 0.266 e. The zero-order valence-electron chi connectivity index (χ0n) is 6.76. The Kier molecular flexibility index (Phi) is 2.33. The van der Waals surface area contributed by atoms with E-state index in [9.17, 15) is 13.9 Å². The molecule has 0 saturated heterocycles. The summed E-state index contributed by atoms with van der Waals surface area (Å²) in [7, 11) is 0. The van der Waals surface area contributed by atoms with E-state index in [0.717, 1.165) is 6.08 Å². The van der Waals surface area contributed by atoms with Crippen molar-refractivity contribution in [2.24, 2.45) is 0 Å². The summed E-state index contributed by atoms with van der Waals surface area (Å²) in [4.78, 5) is 0. The van der Waals surface area contributed by atoms with Gasteiger partial charge >= 0.3 is 0 Å². The van der Waals surface area contributed by atoms with Crippen molar-refractivity contribution in [1.29, 1.82) is 0 Å². The van der Waals surface area contributed by atoms with Crippen molar-refractivity contribution >= 4 is 0 Å². The summed E-state index contributed by atoms with van der Waals surface area (Å²) in [5, 5.41) is 9.61. The van der Waals surface area contributed by atoms with E-state index in [1.54, 1.807) is 0 Å². The van der Waals surface area contributed by atoms with Gasteiger partial charge in [-0.2, -0.15) is 0 Å². The van der Waals surface area contributed by atoms with Gasteiger partial charge in [0, 0.05) is 6.42 Å². The highest BCUT2D eigenvalue weighted by molar-refractivity contribution is 5.12. The van der Waals surface area contributed by atoms with E-state index in [1.165, 1.54) is 12.2 Å². The summed E-state index contributed by atoms with van der Waals surface area (Å²) < 4.78 is 25.1. The first-order valence-corrected chi connectivity index (χ1v) is 3.89. The summed E-state index contributed by atoms with van der Waals surface area (Å²) in [6.07, 6.45) is 3.64. The van der Waals surface area contributed by atoms with Crippen LogP contribution in [0.1, 0.15) is 19.3 Å².